The molecule has 1 aliphatic rings. The van der Waals surface area contributed by atoms with Crippen molar-refractivity contribution in [2.45, 2.75) is 25.8 Å². The van der Waals surface area contributed by atoms with Gasteiger partial charge in [-0.1, -0.05) is 6.92 Å². The quantitative estimate of drug-likeness (QED) is 0.794. The van der Waals surface area contributed by atoms with Crippen molar-refractivity contribution >= 4 is 5.91 Å². The zero-order valence-electron chi connectivity index (χ0n) is 15.5. The second-order valence-corrected chi connectivity index (χ2v) is 6.37. The molecular formula is C19H26N4O3. The van der Waals surface area contributed by atoms with Crippen LogP contribution in [0, 0.1) is 0 Å². The van der Waals surface area contributed by atoms with Crippen LogP contribution >= 0.6 is 0 Å². The summed E-state index contributed by atoms with van der Waals surface area (Å²) in [6.07, 6.45) is 2.33. The van der Waals surface area contributed by atoms with Gasteiger partial charge in [0.15, 0.2) is 11.5 Å². The number of rotatable bonds is 7. The molecule has 0 saturated carbocycles. The molecule has 2 heterocycles. The van der Waals surface area contributed by atoms with E-state index in [0.29, 0.717) is 35.5 Å². The molecule has 2 N–H and O–H groups in total. The summed E-state index contributed by atoms with van der Waals surface area (Å²) in [5.74, 6) is 1.15. The number of methoxy groups -OCH3 is 2. The Kier molecular flexibility index (Phi) is 5.78. The Morgan fingerprint density at radius 1 is 1.31 bits per heavy atom. The summed E-state index contributed by atoms with van der Waals surface area (Å²) in [5.41, 5.74) is 1.99. The van der Waals surface area contributed by atoms with E-state index < -0.39 is 0 Å². The number of aromatic nitrogens is 2. The minimum Gasteiger partial charge on any atom is -0.493 e. The standard InChI is InChI=1S/C19H26N4O3/c1-4-23-9-5-6-14(23)12-20-19(24)16-11-15(21-22-16)13-7-8-17(25-2)18(10-13)26-3/h7-8,10-11,14H,4-6,9,12H2,1-3H3,(H,20,24)(H,21,22)/t14-/m0/s1. The van der Waals surface area contributed by atoms with Gasteiger partial charge in [-0.25, -0.2) is 0 Å². The molecule has 1 atom stereocenters. The molecule has 1 saturated heterocycles. The Morgan fingerprint density at radius 2 is 2.12 bits per heavy atom. The third-order valence-corrected chi connectivity index (χ3v) is 4.91. The number of carbonyl (C=O) groups excluding carboxylic acids is 1. The molecule has 26 heavy (non-hydrogen) atoms. The fraction of sp³-hybridized carbons (Fsp3) is 0.474. The summed E-state index contributed by atoms with van der Waals surface area (Å²) in [5, 5.41) is 10.1. The number of likely N-dealkylation sites (tertiary alicyclic amines) is 1. The number of amides is 1. The lowest BCUT2D eigenvalue weighted by molar-refractivity contribution is 0.0936. The first-order chi connectivity index (χ1) is 12.7. The molecule has 0 bridgehead atoms. The molecule has 1 fully saturated rings. The smallest absolute Gasteiger partial charge is 0.269 e. The van der Waals surface area contributed by atoms with Crippen LogP contribution in [0.4, 0.5) is 0 Å². The summed E-state index contributed by atoms with van der Waals surface area (Å²) in [6.45, 7) is 4.96. The van der Waals surface area contributed by atoms with E-state index in [1.807, 2.05) is 18.2 Å². The molecule has 2 aromatic rings. The van der Waals surface area contributed by atoms with E-state index in [4.69, 9.17) is 9.47 Å². The van der Waals surface area contributed by atoms with Gasteiger partial charge < -0.3 is 14.8 Å². The first kappa shape index (κ1) is 18.3. The normalized spacial score (nSPS) is 17.3. The fourth-order valence-corrected chi connectivity index (χ4v) is 3.43. The van der Waals surface area contributed by atoms with Gasteiger partial charge in [0.1, 0.15) is 5.69 Å². The van der Waals surface area contributed by atoms with Crippen LogP contribution in [-0.2, 0) is 0 Å². The van der Waals surface area contributed by atoms with Gasteiger partial charge in [-0.05, 0) is 50.2 Å². The summed E-state index contributed by atoms with van der Waals surface area (Å²) >= 11 is 0. The zero-order chi connectivity index (χ0) is 18.5. The van der Waals surface area contributed by atoms with Crippen LogP contribution in [0.25, 0.3) is 11.3 Å². The highest BCUT2D eigenvalue weighted by Gasteiger charge is 2.23. The van der Waals surface area contributed by atoms with Crippen molar-refractivity contribution in [3.8, 4) is 22.8 Å². The average Bonchev–Trinajstić information content (AvgIpc) is 3.34. The van der Waals surface area contributed by atoms with E-state index >= 15 is 0 Å². The van der Waals surface area contributed by atoms with Gasteiger partial charge in [0.2, 0.25) is 0 Å². The third kappa shape index (κ3) is 3.83. The minimum absolute atomic E-state index is 0.132. The lowest BCUT2D eigenvalue weighted by Gasteiger charge is -2.22. The summed E-state index contributed by atoms with van der Waals surface area (Å²) < 4.78 is 10.6. The van der Waals surface area contributed by atoms with Crippen molar-refractivity contribution in [3.63, 3.8) is 0 Å². The molecule has 1 aliphatic heterocycles. The highest BCUT2D eigenvalue weighted by atomic mass is 16.5. The number of H-pyrrole nitrogens is 1. The van der Waals surface area contributed by atoms with Crippen molar-refractivity contribution in [3.05, 3.63) is 30.0 Å². The first-order valence-corrected chi connectivity index (χ1v) is 8.96. The number of benzene rings is 1. The molecule has 0 aliphatic carbocycles. The monoisotopic (exact) mass is 358 g/mol. The number of nitrogens with one attached hydrogen (secondary N) is 2. The second kappa shape index (κ2) is 8.23. The van der Waals surface area contributed by atoms with Crippen molar-refractivity contribution < 1.29 is 14.3 Å². The maximum absolute atomic E-state index is 12.4. The number of aromatic amines is 1. The van der Waals surface area contributed by atoms with E-state index in [-0.39, 0.29) is 5.91 Å². The van der Waals surface area contributed by atoms with Gasteiger partial charge >= 0.3 is 0 Å². The number of hydrogen-bond acceptors (Lipinski definition) is 5. The maximum atomic E-state index is 12.4. The van der Waals surface area contributed by atoms with E-state index in [9.17, 15) is 4.79 Å². The van der Waals surface area contributed by atoms with Crippen LogP contribution < -0.4 is 14.8 Å². The molecule has 7 heteroatoms. The maximum Gasteiger partial charge on any atom is 0.269 e. The predicted octanol–water partition coefficient (Wildman–Crippen LogP) is 2.31. The van der Waals surface area contributed by atoms with Crippen LogP contribution in [0.5, 0.6) is 11.5 Å². The molecule has 7 nitrogen and oxygen atoms in total. The molecule has 3 rings (SSSR count). The second-order valence-electron chi connectivity index (χ2n) is 6.37. The van der Waals surface area contributed by atoms with E-state index in [1.165, 1.54) is 6.42 Å². The molecule has 1 amide bonds. The molecule has 1 aromatic heterocycles. The van der Waals surface area contributed by atoms with Crippen molar-refractivity contribution in [2.24, 2.45) is 0 Å². The third-order valence-electron chi connectivity index (χ3n) is 4.91. The minimum atomic E-state index is -0.132. The Bertz CT molecular complexity index is 759. The Morgan fingerprint density at radius 3 is 2.85 bits per heavy atom. The van der Waals surface area contributed by atoms with E-state index in [0.717, 1.165) is 25.1 Å². The Labute approximate surface area is 153 Å². The Balaban J connectivity index is 1.66. The average molecular weight is 358 g/mol. The molecule has 1 aromatic carbocycles. The van der Waals surface area contributed by atoms with Gasteiger partial charge in [0, 0.05) is 18.2 Å². The fourth-order valence-electron chi connectivity index (χ4n) is 3.43. The van der Waals surface area contributed by atoms with Crippen LogP contribution in [-0.4, -0.2) is 60.9 Å². The van der Waals surface area contributed by atoms with Gasteiger partial charge in [-0.15, -0.1) is 0 Å². The SMILES string of the molecule is CCN1CCC[C@H]1CNC(=O)c1cc(-c2ccc(OC)c(OC)c2)n[nH]1. The molecule has 140 valence electrons. The summed E-state index contributed by atoms with van der Waals surface area (Å²) in [6, 6.07) is 7.73. The number of hydrogen-bond donors (Lipinski definition) is 2. The number of nitrogens with zero attached hydrogens (tertiary/aromatic N) is 2. The van der Waals surface area contributed by atoms with Gasteiger partial charge in [0.25, 0.3) is 5.91 Å². The zero-order valence-corrected chi connectivity index (χ0v) is 15.5. The van der Waals surface area contributed by atoms with E-state index in [1.54, 1.807) is 20.3 Å². The lowest BCUT2D eigenvalue weighted by Crippen LogP contribution is -2.40. The van der Waals surface area contributed by atoms with Crippen LogP contribution in [0.3, 0.4) is 0 Å². The topological polar surface area (TPSA) is 79.5 Å². The van der Waals surface area contributed by atoms with Gasteiger partial charge in [-0.3, -0.25) is 14.8 Å². The predicted molar refractivity (Wildman–Crippen MR) is 99.7 cm³/mol. The Hall–Kier alpha value is -2.54. The largest absolute Gasteiger partial charge is 0.493 e. The van der Waals surface area contributed by atoms with Crippen molar-refractivity contribution in [1.29, 1.82) is 0 Å². The van der Waals surface area contributed by atoms with Crippen molar-refractivity contribution in [1.82, 2.24) is 20.4 Å². The summed E-state index contributed by atoms with van der Waals surface area (Å²) in [7, 11) is 3.19. The number of carbonyl (C=O) groups is 1. The first-order valence-electron chi connectivity index (χ1n) is 8.96. The summed E-state index contributed by atoms with van der Waals surface area (Å²) in [4.78, 5) is 14.8. The molecular weight excluding hydrogens is 332 g/mol. The van der Waals surface area contributed by atoms with Gasteiger partial charge in [0.05, 0.1) is 19.9 Å². The van der Waals surface area contributed by atoms with Crippen molar-refractivity contribution in [2.75, 3.05) is 33.9 Å². The molecule has 0 unspecified atom stereocenters. The van der Waals surface area contributed by atoms with Crippen LogP contribution in [0.2, 0.25) is 0 Å². The van der Waals surface area contributed by atoms with Crippen LogP contribution in [0.1, 0.15) is 30.3 Å². The highest BCUT2D eigenvalue weighted by molar-refractivity contribution is 5.93. The number of likely N-dealkylation sites (N-methyl/N-ethyl adjacent to an activating group) is 1. The van der Waals surface area contributed by atoms with Crippen LogP contribution in [0.15, 0.2) is 24.3 Å². The number of ether oxygens (including phenoxy) is 2. The lowest BCUT2D eigenvalue weighted by atomic mass is 10.1. The van der Waals surface area contributed by atoms with Gasteiger partial charge in [-0.2, -0.15) is 5.10 Å². The highest BCUT2D eigenvalue weighted by Crippen LogP contribution is 2.31. The van der Waals surface area contributed by atoms with E-state index in [2.05, 4.69) is 27.3 Å². The molecule has 0 radical (unpaired) electrons. The molecule has 0 spiro atoms.